The summed E-state index contributed by atoms with van der Waals surface area (Å²) in [6, 6.07) is 18.2. The van der Waals surface area contributed by atoms with Crippen LogP contribution < -0.4 is 5.32 Å². The topological polar surface area (TPSA) is 92.8 Å². The van der Waals surface area contributed by atoms with Crippen molar-refractivity contribution in [3.63, 3.8) is 0 Å². The Morgan fingerprint density at radius 3 is 2.52 bits per heavy atom. The Balaban J connectivity index is 1.29. The Bertz CT molecular complexity index is 1210. The van der Waals surface area contributed by atoms with Crippen LogP contribution in [0.25, 0.3) is 10.8 Å². The van der Waals surface area contributed by atoms with Crippen LogP contribution in [0.5, 0.6) is 0 Å². The van der Waals surface area contributed by atoms with Gasteiger partial charge in [0.1, 0.15) is 0 Å². The molecule has 0 unspecified atom stereocenters. The highest BCUT2D eigenvalue weighted by molar-refractivity contribution is 6.21. The van der Waals surface area contributed by atoms with E-state index in [1.807, 2.05) is 43.3 Å². The quantitative estimate of drug-likeness (QED) is 0.492. The summed E-state index contributed by atoms with van der Waals surface area (Å²) in [4.78, 5) is 50.1. The Morgan fingerprint density at radius 1 is 0.935 bits per heavy atom. The van der Waals surface area contributed by atoms with Crippen LogP contribution >= 0.6 is 0 Å². The van der Waals surface area contributed by atoms with Crippen molar-refractivity contribution in [3.8, 4) is 0 Å². The Hall–Kier alpha value is -4.00. The van der Waals surface area contributed by atoms with Gasteiger partial charge in [-0.05, 0) is 30.5 Å². The Kier molecular flexibility index (Phi) is 5.49. The van der Waals surface area contributed by atoms with E-state index in [0.29, 0.717) is 16.8 Å². The van der Waals surface area contributed by atoms with E-state index in [-0.39, 0.29) is 13.0 Å². The number of ether oxygens (including phenoxy) is 1. The molecule has 0 spiro atoms. The van der Waals surface area contributed by atoms with Gasteiger partial charge in [-0.25, -0.2) is 0 Å². The van der Waals surface area contributed by atoms with Crippen molar-refractivity contribution in [2.24, 2.45) is 0 Å². The summed E-state index contributed by atoms with van der Waals surface area (Å²) in [5, 5.41) is 4.59. The third-order valence-electron chi connectivity index (χ3n) is 5.09. The zero-order valence-corrected chi connectivity index (χ0v) is 16.9. The number of nitrogens with zero attached hydrogens (tertiary/aromatic N) is 1. The molecule has 0 bridgehead atoms. The van der Waals surface area contributed by atoms with Gasteiger partial charge in [-0.15, -0.1) is 0 Å². The van der Waals surface area contributed by atoms with Gasteiger partial charge in [-0.2, -0.15) is 0 Å². The van der Waals surface area contributed by atoms with E-state index in [1.54, 1.807) is 24.3 Å². The molecule has 3 aromatic rings. The first-order chi connectivity index (χ1) is 14.9. The molecule has 0 atom stereocenters. The molecule has 0 saturated carbocycles. The first kappa shape index (κ1) is 20.3. The normalized spacial score (nSPS) is 12.7. The summed E-state index contributed by atoms with van der Waals surface area (Å²) in [7, 11) is 0. The standard InChI is InChI=1S/C24H20N2O5/c1-15-9-10-18-19(13-15)24(30)26(23(18)29)12-11-22(28)31-14-21(27)25-20-8-4-6-16-5-2-3-7-17(16)20/h2-10,13H,11-12,14H2,1H3,(H,25,27). The number of nitrogens with one attached hydrogen (secondary N) is 1. The molecule has 1 heterocycles. The van der Waals surface area contributed by atoms with E-state index in [4.69, 9.17) is 4.74 Å². The maximum atomic E-state index is 12.4. The summed E-state index contributed by atoms with van der Waals surface area (Å²) in [5.41, 5.74) is 2.17. The lowest BCUT2D eigenvalue weighted by atomic mass is 10.1. The van der Waals surface area contributed by atoms with E-state index in [1.165, 1.54) is 0 Å². The second-order valence-electron chi connectivity index (χ2n) is 7.30. The van der Waals surface area contributed by atoms with Gasteiger partial charge >= 0.3 is 5.97 Å². The fourth-order valence-corrected chi connectivity index (χ4v) is 3.55. The highest BCUT2D eigenvalue weighted by atomic mass is 16.5. The molecule has 7 heteroatoms. The molecule has 1 aliphatic rings. The molecule has 0 aromatic heterocycles. The first-order valence-corrected chi connectivity index (χ1v) is 9.84. The number of imide groups is 1. The van der Waals surface area contributed by atoms with E-state index in [2.05, 4.69) is 5.32 Å². The predicted molar refractivity (Wildman–Crippen MR) is 115 cm³/mol. The van der Waals surface area contributed by atoms with Crippen LogP contribution in [0.3, 0.4) is 0 Å². The van der Waals surface area contributed by atoms with Crippen molar-refractivity contribution < 1.29 is 23.9 Å². The summed E-state index contributed by atoms with van der Waals surface area (Å²) >= 11 is 0. The van der Waals surface area contributed by atoms with Crippen molar-refractivity contribution in [3.05, 3.63) is 77.4 Å². The number of carbonyl (C=O) groups excluding carboxylic acids is 4. The van der Waals surface area contributed by atoms with Gasteiger partial charge in [0.25, 0.3) is 17.7 Å². The maximum absolute atomic E-state index is 12.4. The molecule has 4 rings (SSSR count). The van der Waals surface area contributed by atoms with Crippen LogP contribution in [0.2, 0.25) is 0 Å². The van der Waals surface area contributed by atoms with Crippen LogP contribution in [0.4, 0.5) is 5.69 Å². The lowest BCUT2D eigenvalue weighted by Crippen LogP contribution is -2.32. The monoisotopic (exact) mass is 416 g/mol. The van der Waals surface area contributed by atoms with Gasteiger partial charge in [0.05, 0.1) is 17.5 Å². The number of benzene rings is 3. The molecule has 7 nitrogen and oxygen atoms in total. The van der Waals surface area contributed by atoms with Gasteiger partial charge in [-0.3, -0.25) is 24.1 Å². The minimum Gasteiger partial charge on any atom is -0.456 e. The Labute approximate surface area is 178 Å². The summed E-state index contributed by atoms with van der Waals surface area (Å²) in [5.74, 6) is -1.99. The van der Waals surface area contributed by atoms with Crippen LogP contribution in [0.15, 0.2) is 60.7 Å². The lowest BCUT2D eigenvalue weighted by Gasteiger charge is -2.13. The van der Waals surface area contributed by atoms with Gasteiger partial charge in [0.15, 0.2) is 6.61 Å². The van der Waals surface area contributed by atoms with Crippen LogP contribution in [0.1, 0.15) is 32.7 Å². The number of hydrogen-bond donors (Lipinski definition) is 1. The molecular weight excluding hydrogens is 396 g/mol. The van der Waals surface area contributed by atoms with Crippen LogP contribution in [-0.4, -0.2) is 41.7 Å². The summed E-state index contributed by atoms with van der Waals surface area (Å²) < 4.78 is 5.01. The molecule has 3 aromatic carbocycles. The van der Waals surface area contributed by atoms with Crippen molar-refractivity contribution in [2.75, 3.05) is 18.5 Å². The number of esters is 1. The number of fused-ring (bicyclic) bond motifs is 2. The lowest BCUT2D eigenvalue weighted by molar-refractivity contribution is -0.147. The van der Waals surface area contributed by atoms with Crippen molar-refractivity contribution in [2.45, 2.75) is 13.3 Å². The number of anilines is 1. The zero-order chi connectivity index (χ0) is 22.0. The highest BCUT2D eigenvalue weighted by Crippen LogP contribution is 2.24. The third kappa shape index (κ3) is 4.16. The molecule has 1 aliphatic heterocycles. The highest BCUT2D eigenvalue weighted by Gasteiger charge is 2.35. The van der Waals surface area contributed by atoms with E-state index in [9.17, 15) is 19.2 Å². The number of aryl methyl sites for hydroxylation is 1. The van der Waals surface area contributed by atoms with Crippen molar-refractivity contribution >= 4 is 40.2 Å². The molecule has 3 amide bonds. The summed E-state index contributed by atoms with van der Waals surface area (Å²) in [6.45, 7) is 1.28. The van der Waals surface area contributed by atoms with E-state index >= 15 is 0 Å². The van der Waals surface area contributed by atoms with Gasteiger partial charge in [0, 0.05) is 17.6 Å². The second kappa shape index (κ2) is 8.39. The number of rotatable bonds is 6. The van der Waals surface area contributed by atoms with Crippen molar-refractivity contribution in [1.82, 2.24) is 4.90 Å². The average molecular weight is 416 g/mol. The smallest absolute Gasteiger partial charge is 0.308 e. The average Bonchev–Trinajstić information content (AvgIpc) is 3.00. The number of amides is 3. The largest absolute Gasteiger partial charge is 0.456 e. The van der Waals surface area contributed by atoms with Gasteiger partial charge in [-0.1, -0.05) is 48.0 Å². The molecule has 0 fully saturated rings. The molecule has 0 radical (unpaired) electrons. The first-order valence-electron chi connectivity index (χ1n) is 9.84. The fourth-order valence-electron chi connectivity index (χ4n) is 3.55. The second-order valence-corrected chi connectivity index (χ2v) is 7.30. The number of hydrogen-bond acceptors (Lipinski definition) is 5. The van der Waals surface area contributed by atoms with Crippen LogP contribution in [0, 0.1) is 6.92 Å². The Morgan fingerprint density at radius 2 is 1.68 bits per heavy atom. The maximum Gasteiger partial charge on any atom is 0.308 e. The van der Waals surface area contributed by atoms with Gasteiger partial charge < -0.3 is 10.1 Å². The van der Waals surface area contributed by atoms with Crippen molar-refractivity contribution in [1.29, 1.82) is 0 Å². The molecule has 31 heavy (non-hydrogen) atoms. The van der Waals surface area contributed by atoms with E-state index in [0.717, 1.165) is 21.2 Å². The van der Waals surface area contributed by atoms with Gasteiger partial charge in [0.2, 0.25) is 0 Å². The SMILES string of the molecule is Cc1ccc2c(c1)C(=O)N(CCC(=O)OCC(=O)Nc1cccc3ccccc13)C2=O. The molecular formula is C24H20N2O5. The molecule has 1 N–H and O–H groups in total. The third-order valence-corrected chi connectivity index (χ3v) is 5.09. The molecule has 156 valence electrons. The predicted octanol–water partition coefficient (Wildman–Crippen LogP) is 3.32. The zero-order valence-electron chi connectivity index (χ0n) is 16.9. The minimum absolute atomic E-state index is 0.102. The van der Waals surface area contributed by atoms with Crippen LogP contribution in [-0.2, 0) is 14.3 Å². The molecule has 0 aliphatic carbocycles. The minimum atomic E-state index is -0.666. The van der Waals surface area contributed by atoms with E-state index < -0.39 is 30.3 Å². The fraction of sp³-hybridized carbons (Fsp3) is 0.167. The number of carbonyl (C=O) groups is 4. The summed E-state index contributed by atoms with van der Waals surface area (Å²) in [6.07, 6.45) is -0.188. The molecule has 0 saturated heterocycles.